The lowest BCUT2D eigenvalue weighted by atomic mass is 9.82. The first kappa shape index (κ1) is 47.4. The maximum absolute atomic E-state index is 5.59. The van der Waals surface area contributed by atoms with Crippen LogP contribution in [0.25, 0.3) is 107 Å². The lowest BCUT2D eigenvalue weighted by molar-refractivity contribution is 0.590. The molecule has 0 fully saturated rings. The van der Waals surface area contributed by atoms with Crippen LogP contribution in [0.3, 0.4) is 0 Å². The molecule has 0 amide bonds. The number of hydrogen-bond donors (Lipinski definition) is 0. The van der Waals surface area contributed by atoms with Gasteiger partial charge in [0.2, 0.25) is 0 Å². The quantitative estimate of drug-likeness (QED) is 0.128. The second-order valence-corrected chi connectivity index (χ2v) is 22.7. The number of nitrogens with zero attached hydrogens (tertiary/aromatic N) is 6. The Kier molecular flexibility index (Phi) is 12.0. The van der Waals surface area contributed by atoms with Gasteiger partial charge in [-0.2, -0.15) is 0 Å². The van der Waals surface area contributed by atoms with Gasteiger partial charge in [-0.25, -0.2) is 24.9 Å². The van der Waals surface area contributed by atoms with Crippen LogP contribution in [-0.2, 0) is 17.3 Å². The topological polar surface area (TPSA) is 69.4 Å². The van der Waals surface area contributed by atoms with E-state index in [1.165, 1.54) is 49.7 Å². The number of aryl methyl sites for hydroxylation is 2. The summed E-state index contributed by atoms with van der Waals surface area (Å²) in [5.41, 5.74) is 19.2. The minimum absolute atomic E-state index is 0.0950. The smallest absolute Gasteiger partial charge is 0.166 e. The van der Waals surface area contributed by atoms with Gasteiger partial charge in [0.1, 0.15) is 0 Å². The molecule has 0 bridgehead atoms. The van der Waals surface area contributed by atoms with Gasteiger partial charge in [-0.15, -0.1) is 0 Å². The highest BCUT2D eigenvalue weighted by atomic mass is 127. The number of hydrogen-bond acceptors (Lipinski definition) is 5. The normalized spacial score (nSPS) is 12.9. The zero-order valence-corrected chi connectivity index (χ0v) is 45.2. The molecular weight excluding hydrogens is 1020 g/mol. The van der Waals surface area contributed by atoms with E-state index < -0.39 is 0 Å². The Morgan fingerprint density at radius 1 is 0.486 bits per heavy atom. The van der Waals surface area contributed by atoms with E-state index in [0.717, 1.165) is 84.3 Å². The van der Waals surface area contributed by atoms with Crippen LogP contribution in [0, 0.1) is 10.5 Å². The Bertz CT molecular complexity index is 3920. The molecular formula is C67H57IN6. The molecule has 3 heterocycles. The second-order valence-electron chi connectivity index (χ2n) is 21.5. The highest BCUT2D eigenvalue weighted by Crippen LogP contribution is 2.51. The summed E-state index contributed by atoms with van der Waals surface area (Å²) in [7, 11) is 0. The third kappa shape index (κ3) is 8.60. The van der Waals surface area contributed by atoms with Crippen LogP contribution in [0.2, 0.25) is 0 Å². The van der Waals surface area contributed by atoms with Crippen LogP contribution in [0.1, 0.15) is 82.2 Å². The summed E-state index contributed by atoms with van der Waals surface area (Å²) in [4.78, 5) is 27.1. The molecule has 0 radical (unpaired) electrons. The number of benzene rings is 8. The fourth-order valence-electron chi connectivity index (χ4n) is 11.0. The largest absolute Gasteiger partial charge is 0.308 e. The summed E-state index contributed by atoms with van der Waals surface area (Å²) in [5, 5.41) is 2.38. The Morgan fingerprint density at radius 3 is 1.88 bits per heavy atom. The molecule has 3 aromatic heterocycles. The minimum atomic E-state index is -0.199. The van der Waals surface area contributed by atoms with Crippen molar-refractivity contribution in [2.75, 3.05) is 0 Å². The fourth-order valence-corrected chi connectivity index (χ4v) is 11.7. The molecule has 1 aliphatic carbocycles. The first-order chi connectivity index (χ1) is 35.8. The molecule has 0 atom stereocenters. The van der Waals surface area contributed by atoms with Gasteiger partial charge in [0, 0.05) is 53.1 Å². The molecule has 8 aromatic carbocycles. The number of unbranched alkanes of at least 4 members (excludes halogenated alkanes) is 1. The van der Waals surface area contributed by atoms with Crippen LogP contribution in [-0.4, -0.2) is 29.5 Å². The SMILES string of the molecule is CCCCc1cc(C)cc(-c2nc(-c3cc(I)cc(C(C)(C)C)c3)nc(-c3cc(-c4cc(-c5ccccc5)nc(-c5ccccc5)n4)ccc3-n3c4ccccc4c4cc5c(cc43)C(C)(C)c3ccccc3-5)n2)c1. The third-order valence-corrected chi connectivity index (χ3v) is 15.5. The molecule has 362 valence electrons. The highest BCUT2D eigenvalue weighted by molar-refractivity contribution is 14.1. The first-order valence-electron chi connectivity index (χ1n) is 25.8. The van der Waals surface area contributed by atoms with Gasteiger partial charge in [0.15, 0.2) is 23.3 Å². The van der Waals surface area contributed by atoms with E-state index in [9.17, 15) is 0 Å². The van der Waals surface area contributed by atoms with Gasteiger partial charge in [0.25, 0.3) is 0 Å². The molecule has 0 saturated carbocycles. The van der Waals surface area contributed by atoms with Crippen molar-refractivity contribution in [1.29, 1.82) is 0 Å². The van der Waals surface area contributed by atoms with E-state index in [1.807, 2.05) is 24.3 Å². The van der Waals surface area contributed by atoms with Crippen molar-refractivity contribution in [2.24, 2.45) is 0 Å². The lowest BCUT2D eigenvalue weighted by Gasteiger charge is -2.22. The van der Waals surface area contributed by atoms with Gasteiger partial charge >= 0.3 is 0 Å². The van der Waals surface area contributed by atoms with Crippen LogP contribution >= 0.6 is 22.6 Å². The van der Waals surface area contributed by atoms with Crippen LogP contribution < -0.4 is 0 Å². The predicted octanol–water partition coefficient (Wildman–Crippen LogP) is 17.6. The van der Waals surface area contributed by atoms with E-state index in [0.29, 0.717) is 23.3 Å². The van der Waals surface area contributed by atoms with E-state index in [2.05, 4.69) is 233 Å². The van der Waals surface area contributed by atoms with Crippen LogP contribution in [0.15, 0.2) is 182 Å². The minimum Gasteiger partial charge on any atom is -0.308 e. The second kappa shape index (κ2) is 18.7. The first-order valence-corrected chi connectivity index (χ1v) is 26.9. The van der Waals surface area contributed by atoms with Crippen molar-refractivity contribution in [2.45, 2.75) is 78.6 Å². The molecule has 6 nitrogen and oxygen atoms in total. The average Bonchev–Trinajstić information content (AvgIpc) is 3.86. The van der Waals surface area contributed by atoms with Gasteiger partial charge in [-0.05, 0) is 148 Å². The van der Waals surface area contributed by atoms with Gasteiger partial charge in [-0.3, -0.25) is 0 Å². The molecule has 0 saturated heterocycles. The number of halogens is 1. The summed E-state index contributed by atoms with van der Waals surface area (Å²) in [6.45, 7) is 15.9. The summed E-state index contributed by atoms with van der Waals surface area (Å²) in [6, 6.07) is 65.5. The summed E-state index contributed by atoms with van der Waals surface area (Å²) < 4.78 is 3.57. The van der Waals surface area contributed by atoms with E-state index in [-0.39, 0.29) is 10.8 Å². The van der Waals surface area contributed by atoms with Crippen LogP contribution in [0.5, 0.6) is 0 Å². The zero-order valence-electron chi connectivity index (χ0n) is 43.0. The highest BCUT2D eigenvalue weighted by Gasteiger charge is 2.36. The van der Waals surface area contributed by atoms with Gasteiger partial charge < -0.3 is 4.57 Å². The molecule has 0 unspecified atom stereocenters. The number of aromatic nitrogens is 6. The molecule has 1 aliphatic rings. The third-order valence-electron chi connectivity index (χ3n) is 14.8. The van der Waals surface area contributed by atoms with Crippen molar-refractivity contribution in [3.05, 3.63) is 213 Å². The molecule has 11 aromatic rings. The molecule has 12 rings (SSSR count). The van der Waals surface area contributed by atoms with E-state index in [1.54, 1.807) is 0 Å². The molecule has 0 aliphatic heterocycles. The molecule has 0 N–H and O–H groups in total. The number of para-hydroxylation sites is 1. The summed E-state index contributed by atoms with van der Waals surface area (Å²) in [5.74, 6) is 2.50. The monoisotopic (exact) mass is 1070 g/mol. The molecule has 0 spiro atoms. The summed E-state index contributed by atoms with van der Waals surface area (Å²) >= 11 is 2.44. The standard InChI is InChI=1S/C67H57IN6/c1-8-9-20-42-31-41(2)32-46(33-42)63-71-64(47-34-48(66(3,4)5)37-49(68)35-47)73-65(72-63)54-36-45(58-40-57(43-21-12-10-13-22-43)69-62(70-58)44-23-14-11-15-24-44)29-30-60(54)74-59-28-19-17-26-51(59)53-38-52-50-25-16-18-27-55(50)67(6,7)56(52)39-61(53)74/h10-19,21-40H,8-9,20H2,1-7H3. The van der Waals surface area contributed by atoms with Crippen LogP contribution in [0.4, 0.5) is 0 Å². The molecule has 7 heteroatoms. The van der Waals surface area contributed by atoms with E-state index in [4.69, 9.17) is 24.9 Å². The maximum atomic E-state index is 5.59. The molecule has 74 heavy (non-hydrogen) atoms. The summed E-state index contributed by atoms with van der Waals surface area (Å²) in [6.07, 6.45) is 3.21. The Hall–Kier alpha value is -7.62. The van der Waals surface area contributed by atoms with Gasteiger partial charge in [0.05, 0.1) is 28.1 Å². The predicted molar refractivity (Wildman–Crippen MR) is 315 cm³/mol. The van der Waals surface area contributed by atoms with Crippen molar-refractivity contribution < 1.29 is 0 Å². The number of rotatable bonds is 10. The maximum Gasteiger partial charge on any atom is 0.166 e. The zero-order chi connectivity index (χ0) is 50.9. The average molecular weight is 1070 g/mol. The fraction of sp³-hybridized carbons (Fsp3) is 0.179. The van der Waals surface area contributed by atoms with E-state index >= 15 is 0 Å². The Labute approximate surface area is 447 Å². The van der Waals surface area contributed by atoms with Crippen molar-refractivity contribution in [1.82, 2.24) is 29.5 Å². The van der Waals surface area contributed by atoms with Crippen molar-refractivity contribution in [3.63, 3.8) is 0 Å². The van der Waals surface area contributed by atoms with Crippen molar-refractivity contribution in [3.8, 4) is 84.9 Å². The van der Waals surface area contributed by atoms with Crippen molar-refractivity contribution >= 4 is 44.4 Å². The lowest BCUT2D eigenvalue weighted by Crippen LogP contribution is -2.15. The Morgan fingerprint density at radius 2 is 1.14 bits per heavy atom. The Balaban J connectivity index is 1.17. The number of fused-ring (bicyclic) bond motifs is 6. The van der Waals surface area contributed by atoms with Gasteiger partial charge in [-0.1, -0.05) is 169 Å².